The minimum absolute atomic E-state index is 0.249. The number of carbonyl (C=O) groups excluding carboxylic acids is 2. The molecule has 128 valence electrons. The van der Waals surface area contributed by atoms with Crippen molar-refractivity contribution in [3.8, 4) is 5.75 Å². The van der Waals surface area contributed by atoms with Crippen LogP contribution in [-0.2, 0) is 4.74 Å². The van der Waals surface area contributed by atoms with Gasteiger partial charge in [0.2, 0.25) is 0 Å². The SMILES string of the molecule is CC(C)(C)OC(=O)N1CCC(COc2cc[c]([Al])cc2C=O)CC1. The number of amides is 1. The van der Waals surface area contributed by atoms with Gasteiger partial charge in [-0.2, -0.15) is 0 Å². The van der Waals surface area contributed by atoms with Crippen molar-refractivity contribution in [2.45, 2.75) is 39.2 Å². The Labute approximate surface area is 151 Å². The zero-order valence-corrected chi connectivity index (χ0v) is 15.7. The number of nitrogens with zero attached hydrogens (tertiary/aromatic N) is 1. The molecule has 0 N–H and O–H groups in total. The first kappa shape index (κ1) is 18.8. The molecule has 0 aliphatic carbocycles. The molecule has 0 bridgehead atoms. The predicted molar refractivity (Wildman–Crippen MR) is 93.2 cm³/mol. The fraction of sp³-hybridized carbons (Fsp3) is 0.556. The Balaban J connectivity index is 1.81. The second-order valence-electron chi connectivity index (χ2n) is 7.14. The molecule has 0 unspecified atom stereocenters. The van der Waals surface area contributed by atoms with Gasteiger partial charge in [0.25, 0.3) is 0 Å². The highest BCUT2D eigenvalue weighted by Crippen LogP contribution is 2.22. The molecular formula is C18H24AlNO4. The lowest BCUT2D eigenvalue weighted by atomic mass is 9.98. The molecule has 24 heavy (non-hydrogen) atoms. The fourth-order valence-corrected chi connectivity index (χ4v) is 2.88. The number of aldehydes is 1. The predicted octanol–water partition coefficient (Wildman–Crippen LogP) is 2.32. The van der Waals surface area contributed by atoms with Gasteiger partial charge in [-0.25, -0.2) is 4.79 Å². The average molecular weight is 345 g/mol. The van der Waals surface area contributed by atoms with Gasteiger partial charge in [-0.05, 0) is 45.6 Å². The van der Waals surface area contributed by atoms with Gasteiger partial charge in [0, 0.05) is 13.1 Å². The van der Waals surface area contributed by atoms with Crippen molar-refractivity contribution in [1.29, 1.82) is 0 Å². The molecule has 0 saturated carbocycles. The molecule has 1 amide bonds. The molecule has 1 heterocycles. The van der Waals surface area contributed by atoms with E-state index in [1.54, 1.807) is 11.0 Å². The number of piperidine rings is 1. The second kappa shape index (κ2) is 8.05. The van der Waals surface area contributed by atoms with Gasteiger partial charge in [0.15, 0.2) is 22.6 Å². The highest BCUT2D eigenvalue weighted by molar-refractivity contribution is 6.32. The molecule has 1 saturated heterocycles. The quantitative estimate of drug-likeness (QED) is 0.621. The number of rotatable bonds is 4. The summed E-state index contributed by atoms with van der Waals surface area (Å²) in [5, 5.41) is 0. The third-order valence-corrected chi connectivity index (χ3v) is 4.26. The first-order valence-corrected chi connectivity index (χ1v) is 8.81. The summed E-state index contributed by atoms with van der Waals surface area (Å²) in [7, 11) is 0. The van der Waals surface area contributed by atoms with E-state index in [2.05, 4.69) is 16.3 Å². The Hall–Kier alpha value is -1.51. The molecule has 0 aromatic heterocycles. The molecule has 2 rings (SSSR count). The number of likely N-dealkylation sites (tertiary alicyclic amines) is 1. The van der Waals surface area contributed by atoms with E-state index < -0.39 is 5.60 Å². The Morgan fingerprint density at radius 3 is 2.58 bits per heavy atom. The molecule has 6 heteroatoms. The molecule has 0 spiro atoms. The first-order valence-electron chi connectivity index (χ1n) is 8.24. The Kier molecular flexibility index (Phi) is 6.31. The van der Waals surface area contributed by atoms with Gasteiger partial charge in [-0.15, -0.1) is 4.43 Å². The van der Waals surface area contributed by atoms with E-state index in [1.165, 1.54) is 0 Å². The van der Waals surface area contributed by atoms with E-state index in [-0.39, 0.29) is 6.09 Å². The third-order valence-electron chi connectivity index (χ3n) is 3.90. The first-order chi connectivity index (χ1) is 11.3. The summed E-state index contributed by atoms with van der Waals surface area (Å²) in [6.45, 7) is 7.52. The van der Waals surface area contributed by atoms with Crippen LogP contribution in [0.4, 0.5) is 4.79 Å². The van der Waals surface area contributed by atoms with Crippen molar-refractivity contribution < 1.29 is 19.1 Å². The normalized spacial score (nSPS) is 15.9. The summed E-state index contributed by atoms with van der Waals surface area (Å²) in [5.74, 6) is 0.990. The lowest BCUT2D eigenvalue weighted by Gasteiger charge is -2.33. The van der Waals surface area contributed by atoms with Crippen LogP contribution in [0.15, 0.2) is 18.2 Å². The summed E-state index contributed by atoms with van der Waals surface area (Å²) in [6, 6.07) is 5.51. The monoisotopic (exact) mass is 345 g/mol. The van der Waals surface area contributed by atoms with Gasteiger partial charge >= 0.3 is 6.09 Å². The number of hydrogen-bond acceptors (Lipinski definition) is 4. The molecular weight excluding hydrogens is 321 g/mol. The van der Waals surface area contributed by atoms with Gasteiger partial charge in [-0.1, -0.05) is 12.1 Å². The van der Waals surface area contributed by atoms with Gasteiger partial charge in [-0.3, -0.25) is 4.79 Å². The maximum atomic E-state index is 12.0. The van der Waals surface area contributed by atoms with Gasteiger partial charge < -0.3 is 14.4 Å². The largest absolute Gasteiger partial charge is 0.493 e. The van der Waals surface area contributed by atoms with Gasteiger partial charge in [0.05, 0.1) is 12.2 Å². The van der Waals surface area contributed by atoms with Gasteiger partial charge in [0.1, 0.15) is 11.4 Å². The smallest absolute Gasteiger partial charge is 0.410 e. The molecule has 1 fully saturated rings. The van der Waals surface area contributed by atoms with E-state index in [0.29, 0.717) is 36.9 Å². The van der Waals surface area contributed by atoms with Crippen LogP contribution in [0.3, 0.4) is 0 Å². The summed E-state index contributed by atoms with van der Waals surface area (Å²) in [4.78, 5) is 24.9. The maximum absolute atomic E-state index is 12.0. The number of hydrogen-bond donors (Lipinski definition) is 0. The van der Waals surface area contributed by atoms with Crippen molar-refractivity contribution in [1.82, 2.24) is 4.90 Å². The van der Waals surface area contributed by atoms with Crippen molar-refractivity contribution in [2.24, 2.45) is 5.92 Å². The van der Waals surface area contributed by atoms with Crippen LogP contribution in [0.1, 0.15) is 44.0 Å². The summed E-state index contributed by atoms with van der Waals surface area (Å²) >= 11 is 2.57. The molecule has 1 aromatic carbocycles. The van der Waals surface area contributed by atoms with Crippen LogP contribution in [0.2, 0.25) is 0 Å². The lowest BCUT2D eigenvalue weighted by molar-refractivity contribution is 0.0164. The van der Waals surface area contributed by atoms with Crippen LogP contribution < -0.4 is 9.16 Å². The molecule has 1 aliphatic rings. The molecule has 5 nitrogen and oxygen atoms in total. The van der Waals surface area contributed by atoms with E-state index in [1.807, 2.05) is 32.9 Å². The van der Waals surface area contributed by atoms with E-state index in [4.69, 9.17) is 9.47 Å². The van der Waals surface area contributed by atoms with Crippen LogP contribution in [-0.4, -0.2) is 58.9 Å². The molecule has 0 atom stereocenters. The number of ether oxygens (including phenoxy) is 2. The minimum atomic E-state index is -0.466. The topological polar surface area (TPSA) is 55.8 Å². The van der Waals surface area contributed by atoms with Crippen LogP contribution in [0, 0.1) is 5.92 Å². The van der Waals surface area contributed by atoms with E-state index >= 15 is 0 Å². The second-order valence-corrected chi connectivity index (χ2v) is 7.80. The highest BCUT2D eigenvalue weighted by atomic mass is 27.0. The van der Waals surface area contributed by atoms with Crippen molar-refractivity contribution >= 4 is 33.1 Å². The molecule has 1 aromatic rings. The highest BCUT2D eigenvalue weighted by Gasteiger charge is 2.27. The summed E-state index contributed by atoms with van der Waals surface area (Å²) < 4.78 is 12.2. The minimum Gasteiger partial charge on any atom is -0.493 e. The summed E-state index contributed by atoms with van der Waals surface area (Å²) in [5.41, 5.74) is 0.0973. The van der Waals surface area contributed by atoms with Crippen molar-refractivity contribution in [3.63, 3.8) is 0 Å². The Morgan fingerprint density at radius 2 is 2.00 bits per heavy atom. The van der Waals surface area contributed by atoms with Crippen LogP contribution in [0.5, 0.6) is 5.75 Å². The zero-order chi connectivity index (χ0) is 17.7. The van der Waals surface area contributed by atoms with Crippen molar-refractivity contribution in [2.75, 3.05) is 19.7 Å². The number of benzene rings is 1. The molecule has 1 aliphatic heterocycles. The number of carbonyl (C=O) groups is 2. The Morgan fingerprint density at radius 1 is 1.33 bits per heavy atom. The summed E-state index contributed by atoms with van der Waals surface area (Å²) in [6.07, 6.45) is 2.31. The molecule has 2 radical (unpaired) electrons. The van der Waals surface area contributed by atoms with E-state index in [0.717, 1.165) is 23.6 Å². The maximum Gasteiger partial charge on any atom is 0.410 e. The Bertz CT molecular complexity index is 589. The zero-order valence-electron chi connectivity index (χ0n) is 14.6. The lowest BCUT2D eigenvalue weighted by Crippen LogP contribution is -2.42. The standard InChI is InChI=1S/C18H24NO4.Al/c1-18(2,3)23-17(21)19-10-8-14(9-11-19)13-22-16-7-5-4-6-15(16)12-20;/h5-7,12,14H,8-11,13H2,1-3H3;. The van der Waals surface area contributed by atoms with E-state index in [9.17, 15) is 9.59 Å². The average Bonchev–Trinajstić information content (AvgIpc) is 2.52. The van der Waals surface area contributed by atoms with Crippen LogP contribution >= 0.6 is 0 Å². The van der Waals surface area contributed by atoms with Crippen LogP contribution in [0.25, 0.3) is 0 Å². The fourth-order valence-electron chi connectivity index (χ4n) is 2.61. The van der Waals surface area contributed by atoms with Crippen molar-refractivity contribution in [3.05, 3.63) is 23.8 Å². The third kappa shape index (κ3) is 5.54.